The minimum absolute atomic E-state index is 0.0874. The van der Waals surface area contributed by atoms with Gasteiger partial charge in [-0.3, -0.25) is 4.79 Å². The minimum Gasteiger partial charge on any atom is -0.381 e. The van der Waals surface area contributed by atoms with Gasteiger partial charge in [-0.1, -0.05) is 60.7 Å². The SMILES string of the molecule is O=C(NCCCC1CCOCC1)C(c1ccccc1)c1ccccc1. The molecule has 3 heteroatoms. The van der Waals surface area contributed by atoms with Gasteiger partial charge in [0.1, 0.15) is 0 Å². The van der Waals surface area contributed by atoms with E-state index in [9.17, 15) is 4.79 Å². The average molecular weight is 337 g/mol. The van der Waals surface area contributed by atoms with Crippen molar-refractivity contribution in [2.24, 2.45) is 5.92 Å². The lowest BCUT2D eigenvalue weighted by molar-refractivity contribution is -0.121. The molecule has 2 aromatic rings. The zero-order chi connectivity index (χ0) is 17.3. The van der Waals surface area contributed by atoms with E-state index in [2.05, 4.69) is 5.32 Å². The van der Waals surface area contributed by atoms with Gasteiger partial charge in [-0.15, -0.1) is 0 Å². The highest BCUT2D eigenvalue weighted by atomic mass is 16.5. The van der Waals surface area contributed by atoms with Gasteiger partial charge in [0.15, 0.2) is 0 Å². The van der Waals surface area contributed by atoms with E-state index >= 15 is 0 Å². The van der Waals surface area contributed by atoms with E-state index in [0.29, 0.717) is 0 Å². The Hall–Kier alpha value is -2.13. The summed E-state index contributed by atoms with van der Waals surface area (Å²) in [7, 11) is 0. The summed E-state index contributed by atoms with van der Waals surface area (Å²) < 4.78 is 5.40. The third-order valence-electron chi connectivity index (χ3n) is 4.96. The maximum absolute atomic E-state index is 12.9. The number of ether oxygens (including phenoxy) is 1. The molecule has 0 aromatic heterocycles. The van der Waals surface area contributed by atoms with E-state index in [0.717, 1.165) is 56.1 Å². The summed E-state index contributed by atoms with van der Waals surface area (Å²) in [6.07, 6.45) is 4.52. The van der Waals surface area contributed by atoms with E-state index in [4.69, 9.17) is 4.74 Å². The first-order valence-corrected chi connectivity index (χ1v) is 9.30. The largest absolute Gasteiger partial charge is 0.381 e. The molecule has 1 aliphatic rings. The van der Waals surface area contributed by atoms with Crippen molar-refractivity contribution in [1.29, 1.82) is 0 Å². The van der Waals surface area contributed by atoms with Gasteiger partial charge in [0.05, 0.1) is 5.92 Å². The summed E-state index contributed by atoms with van der Waals surface area (Å²) in [6.45, 7) is 2.52. The molecule has 1 heterocycles. The van der Waals surface area contributed by atoms with Crippen LogP contribution in [0, 0.1) is 5.92 Å². The summed E-state index contributed by atoms with van der Waals surface area (Å²) >= 11 is 0. The fourth-order valence-corrected chi connectivity index (χ4v) is 3.53. The maximum atomic E-state index is 12.9. The Labute approximate surface area is 150 Å². The van der Waals surface area contributed by atoms with Crippen molar-refractivity contribution in [3.8, 4) is 0 Å². The molecule has 0 saturated carbocycles. The van der Waals surface area contributed by atoms with Crippen LogP contribution in [-0.4, -0.2) is 25.7 Å². The first-order valence-electron chi connectivity index (χ1n) is 9.30. The Bertz CT molecular complexity index is 596. The van der Waals surface area contributed by atoms with Gasteiger partial charge >= 0.3 is 0 Å². The third-order valence-corrected chi connectivity index (χ3v) is 4.96. The highest BCUT2D eigenvalue weighted by molar-refractivity contribution is 5.87. The molecule has 3 rings (SSSR count). The first kappa shape index (κ1) is 17.7. The standard InChI is InChI=1S/C22H27NO2/c24-22(23-15-7-8-18-13-16-25-17-14-18)21(19-9-3-1-4-10-19)20-11-5-2-6-12-20/h1-6,9-12,18,21H,7-8,13-17H2,(H,23,24). The van der Waals surface area contributed by atoms with Crippen LogP contribution >= 0.6 is 0 Å². The van der Waals surface area contributed by atoms with Crippen molar-refractivity contribution in [2.75, 3.05) is 19.8 Å². The Morgan fingerprint density at radius 2 is 1.52 bits per heavy atom. The minimum atomic E-state index is -0.245. The summed E-state index contributed by atoms with van der Waals surface area (Å²) in [5.74, 6) is 0.597. The van der Waals surface area contributed by atoms with Crippen LogP contribution in [0.15, 0.2) is 60.7 Å². The second-order valence-corrected chi connectivity index (χ2v) is 6.74. The van der Waals surface area contributed by atoms with E-state index in [1.54, 1.807) is 0 Å². The molecule has 25 heavy (non-hydrogen) atoms. The van der Waals surface area contributed by atoms with Crippen LogP contribution in [0.25, 0.3) is 0 Å². The highest BCUT2D eigenvalue weighted by Crippen LogP contribution is 2.25. The van der Waals surface area contributed by atoms with Gasteiger partial charge in [-0.05, 0) is 42.7 Å². The number of nitrogens with one attached hydrogen (secondary N) is 1. The van der Waals surface area contributed by atoms with Crippen molar-refractivity contribution in [3.05, 3.63) is 71.8 Å². The molecular formula is C22H27NO2. The third kappa shape index (κ3) is 5.17. The summed E-state index contributed by atoms with van der Waals surface area (Å²) in [4.78, 5) is 12.9. The van der Waals surface area contributed by atoms with Gasteiger partial charge in [0.25, 0.3) is 0 Å². The Balaban J connectivity index is 1.58. The molecule has 0 atom stereocenters. The zero-order valence-corrected chi connectivity index (χ0v) is 14.7. The van der Waals surface area contributed by atoms with Crippen LogP contribution < -0.4 is 5.32 Å². The molecule has 1 fully saturated rings. The number of rotatable bonds is 7. The molecule has 0 unspecified atom stereocenters. The van der Waals surface area contributed by atoms with Crippen LogP contribution in [0.5, 0.6) is 0 Å². The van der Waals surface area contributed by atoms with Gasteiger partial charge < -0.3 is 10.1 Å². The van der Waals surface area contributed by atoms with Crippen LogP contribution in [0.1, 0.15) is 42.7 Å². The van der Waals surface area contributed by atoms with Crippen LogP contribution in [0.4, 0.5) is 0 Å². The van der Waals surface area contributed by atoms with Crippen LogP contribution in [-0.2, 0) is 9.53 Å². The number of hydrogen-bond acceptors (Lipinski definition) is 2. The zero-order valence-electron chi connectivity index (χ0n) is 14.7. The number of carbonyl (C=O) groups excluding carboxylic acids is 1. The number of hydrogen-bond donors (Lipinski definition) is 1. The molecule has 0 spiro atoms. The molecule has 1 saturated heterocycles. The van der Waals surface area contributed by atoms with E-state index < -0.39 is 0 Å². The Morgan fingerprint density at radius 1 is 0.960 bits per heavy atom. The lowest BCUT2D eigenvalue weighted by Gasteiger charge is -2.22. The predicted molar refractivity (Wildman–Crippen MR) is 101 cm³/mol. The molecule has 0 radical (unpaired) electrons. The topological polar surface area (TPSA) is 38.3 Å². The summed E-state index contributed by atoms with van der Waals surface area (Å²) in [6, 6.07) is 20.0. The molecule has 2 aromatic carbocycles. The fraction of sp³-hybridized carbons (Fsp3) is 0.409. The maximum Gasteiger partial charge on any atom is 0.232 e. The van der Waals surface area contributed by atoms with Crippen molar-refractivity contribution in [2.45, 2.75) is 31.6 Å². The molecule has 1 amide bonds. The van der Waals surface area contributed by atoms with Crippen molar-refractivity contribution in [3.63, 3.8) is 0 Å². The van der Waals surface area contributed by atoms with Gasteiger partial charge in [0, 0.05) is 19.8 Å². The van der Waals surface area contributed by atoms with Crippen LogP contribution in [0.2, 0.25) is 0 Å². The lowest BCUT2D eigenvalue weighted by atomic mass is 9.90. The predicted octanol–water partition coefficient (Wildman–Crippen LogP) is 4.14. The van der Waals surface area contributed by atoms with Crippen molar-refractivity contribution < 1.29 is 9.53 Å². The molecule has 1 N–H and O–H groups in total. The second kappa shape index (κ2) is 9.38. The smallest absolute Gasteiger partial charge is 0.232 e. The van der Waals surface area contributed by atoms with E-state index in [-0.39, 0.29) is 11.8 Å². The number of amides is 1. The molecule has 3 nitrogen and oxygen atoms in total. The van der Waals surface area contributed by atoms with Gasteiger partial charge in [0.2, 0.25) is 5.91 Å². The summed E-state index contributed by atoms with van der Waals surface area (Å²) in [5.41, 5.74) is 2.08. The molecule has 132 valence electrons. The molecule has 0 aliphatic carbocycles. The molecular weight excluding hydrogens is 310 g/mol. The fourth-order valence-electron chi connectivity index (χ4n) is 3.53. The van der Waals surface area contributed by atoms with Gasteiger partial charge in [-0.2, -0.15) is 0 Å². The quantitative estimate of drug-likeness (QED) is 0.771. The Kier molecular flexibility index (Phi) is 6.63. The van der Waals surface area contributed by atoms with Gasteiger partial charge in [-0.25, -0.2) is 0 Å². The van der Waals surface area contributed by atoms with Crippen molar-refractivity contribution >= 4 is 5.91 Å². The monoisotopic (exact) mass is 337 g/mol. The summed E-state index contributed by atoms with van der Waals surface area (Å²) in [5, 5.41) is 3.15. The van der Waals surface area contributed by atoms with E-state index in [1.807, 2.05) is 60.7 Å². The first-order chi connectivity index (χ1) is 12.3. The number of carbonyl (C=O) groups is 1. The average Bonchev–Trinajstić information content (AvgIpc) is 2.68. The molecule has 0 bridgehead atoms. The molecule has 1 aliphatic heterocycles. The normalized spacial score (nSPS) is 15.2. The van der Waals surface area contributed by atoms with Crippen LogP contribution in [0.3, 0.4) is 0 Å². The second-order valence-electron chi connectivity index (χ2n) is 6.74. The lowest BCUT2D eigenvalue weighted by Crippen LogP contribution is -2.31. The highest BCUT2D eigenvalue weighted by Gasteiger charge is 2.22. The van der Waals surface area contributed by atoms with E-state index in [1.165, 1.54) is 6.42 Å². The Morgan fingerprint density at radius 3 is 2.08 bits per heavy atom. The number of benzene rings is 2. The van der Waals surface area contributed by atoms with Crippen molar-refractivity contribution in [1.82, 2.24) is 5.32 Å².